The average molecular weight is 223 g/mol. The van der Waals surface area contributed by atoms with Crippen molar-refractivity contribution in [1.29, 1.82) is 0 Å². The summed E-state index contributed by atoms with van der Waals surface area (Å²) in [5, 5.41) is 0. The number of ether oxygens (including phenoxy) is 1. The van der Waals surface area contributed by atoms with Crippen molar-refractivity contribution < 1.29 is 13.9 Å². The second kappa shape index (κ2) is 3.47. The summed E-state index contributed by atoms with van der Waals surface area (Å²) in [6.45, 7) is 3.82. The topological polar surface area (TPSA) is 52.3 Å². The van der Waals surface area contributed by atoms with Gasteiger partial charge in [0.25, 0.3) is 5.91 Å². The molecule has 0 radical (unpaired) electrons. The molecule has 1 aliphatic rings. The monoisotopic (exact) mass is 223 g/mol. The molecule has 0 aromatic heterocycles. The number of halogens is 1. The van der Waals surface area contributed by atoms with Gasteiger partial charge in [-0.15, -0.1) is 0 Å². The fraction of sp³-hybridized carbons (Fsp3) is 0.417. The Hall–Kier alpha value is -1.58. The van der Waals surface area contributed by atoms with Crippen molar-refractivity contribution in [3.05, 3.63) is 29.1 Å². The summed E-state index contributed by atoms with van der Waals surface area (Å²) >= 11 is 0. The lowest BCUT2D eigenvalue weighted by molar-refractivity contribution is 0.0799. The lowest BCUT2D eigenvalue weighted by Crippen LogP contribution is -2.34. The van der Waals surface area contributed by atoms with Crippen LogP contribution in [0.2, 0.25) is 0 Å². The number of benzene rings is 1. The first-order valence-electron chi connectivity index (χ1n) is 5.21. The molecule has 0 aliphatic carbocycles. The Labute approximate surface area is 93.4 Å². The zero-order chi connectivity index (χ0) is 11.9. The van der Waals surface area contributed by atoms with Gasteiger partial charge in [-0.05, 0) is 38.3 Å². The van der Waals surface area contributed by atoms with Crippen LogP contribution in [0, 0.1) is 5.82 Å². The van der Waals surface area contributed by atoms with Gasteiger partial charge in [-0.1, -0.05) is 6.07 Å². The number of hydrogen-bond acceptors (Lipinski definition) is 2. The van der Waals surface area contributed by atoms with Crippen LogP contribution in [0.1, 0.15) is 36.2 Å². The lowest BCUT2D eigenvalue weighted by Gasteiger charge is -2.33. The molecule has 0 unspecified atom stereocenters. The van der Waals surface area contributed by atoms with Crippen LogP contribution in [0.5, 0.6) is 5.75 Å². The molecular weight excluding hydrogens is 209 g/mol. The third-order valence-electron chi connectivity index (χ3n) is 2.81. The molecule has 1 aliphatic heterocycles. The Kier molecular flexibility index (Phi) is 2.37. The van der Waals surface area contributed by atoms with E-state index in [1.54, 1.807) is 6.07 Å². The highest BCUT2D eigenvalue weighted by atomic mass is 19.1. The molecule has 1 aromatic carbocycles. The number of rotatable bonds is 1. The molecule has 2 rings (SSSR count). The van der Waals surface area contributed by atoms with Crippen molar-refractivity contribution in [2.24, 2.45) is 5.73 Å². The van der Waals surface area contributed by atoms with Crippen molar-refractivity contribution in [3.8, 4) is 5.75 Å². The summed E-state index contributed by atoms with van der Waals surface area (Å²) in [6.07, 6.45) is 1.60. The third-order valence-corrected chi connectivity index (χ3v) is 2.81. The number of amides is 1. The van der Waals surface area contributed by atoms with E-state index in [0.29, 0.717) is 5.75 Å². The molecule has 0 saturated carbocycles. The molecule has 0 fully saturated rings. The normalized spacial score (nSPS) is 17.4. The molecule has 2 N–H and O–H groups in total. The highest BCUT2D eigenvalue weighted by Crippen LogP contribution is 2.36. The van der Waals surface area contributed by atoms with Gasteiger partial charge in [0.2, 0.25) is 0 Å². The summed E-state index contributed by atoms with van der Waals surface area (Å²) in [4.78, 5) is 11.2. The predicted molar refractivity (Wildman–Crippen MR) is 57.9 cm³/mol. The van der Waals surface area contributed by atoms with Crippen molar-refractivity contribution in [2.45, 2.75) is 32.3 Å². The Morgan fingerprint density at radius 2 is 2.19 bits per heavy atom. The largest absolute Gasteiger partial charge is 0.487 e. The van der Waals surface area contributed by atoms with Gasteiger partial charge in [-0.2, -0.15) is 0 Å². The molecule has 1 amide bonds. The van der Waals surface area contributed by atoms with Gasteiger partial charge in [0.1, 0.15) is 22.7 Å². The average Bonchev–Trinajstić information content (AvgIpc) is 2.15. The maximum Gasteiger partial charge on any atom is 0.255 e. The number of nitrogens with two attached hydrogens (primary N) is 1. The minimum absolute atomic E-state index is 0.134. The van der Waals surface area contributed by atoms with Crippen LogP contribution in [0.15, 0.2) is 12.1 Å². The Balaban J connectivity index is 2.58. The van der Waals surface area contributed by atoms with Gasteiger partial charge in [0.05, 0.1) is 0 Å². The van der Waals surface area contributed by atoms with E-state index in [1.165, 1.54) is 6.07 Å². The number of hydrogen-bond donors (Lipinski definition) is 1. The number of carbonyl (C=O) groups excluding carboxylic acids is 1. The lowest BCUT2D eigenvalue weighted by atomic mass is 9.92. The first-order valence-corrected chi connectivity index (χ1v) is 5.21. The van der Waals surface area contributed by atoms with Crippen molar-refractivity contribution in [2.75, 3.05) is 0 Å². The van der Waals surface area contributed by atoms with Crippen LogP contribution >= 0.6 is 0 Å². The van der Waals surface area contributed by atoms with Crippen LogP contribution in [-0.4, -0.2) is 11.5 Å². The summed E-state index contributed by atoms with van der Waals surface area (Å²) in [5.74, 6) is -1.10. The summed E-state index contributed by atoms with van der Waals surface area (Å²) < 4.78 is 19.2. The minimum atomic E-state index is -0.785. The van der Waals surface area contributed by atoms with E-state index < -0.39 is 11.7 Å². The van der Waals surface area contributed by atoms with Crippen molar-refractivity contribution in [3.63, 3.8) is 0 Å². The number of fused-ring (bicyclic) bond motifs is 1. The predicted octanol–water partition coefficient (Wildman–Crippen LogP) is 2.03. The quantitative estimate of drug-likeness (QED) is 0.792. The van der Waals surface area contributed by atoms with Gasteiger partial charge in [0, 0.05) is 0 Å². The number of aryl methyl sites for hydroxylation is 1. The highest BCUT2D eigenvalue weighted by Gasteiger charge is 2.30. The standard InChI is InChI=1S/C12H14FNO2/c1-12(2)6-5-7-3-4-8(13)9(11(14)15)10(7)16-12/h3-4H,5-6H2,1-2H3,(H2,14,15). The van der Waals surface area contributed by atoms with Gasteiger partial charge in [-0.25, -0.2) is 4.39 Å². The highest BCUT2D eigenvalue weighted by molar-refractivity contribution is 5.96. The molecular formula is C12H14FNO2. The Bertz CT molecular complexity index is 455. The first kappa shape index (κ1) is 10.9. The third kappa shape index (κ3) is 1.75. The van der Waals surface area contributed by atoms with E-state index in [9.17, 15) is 9.18 Å². The SMILES string of the molecule is CC1(C)CCc2ccc(F)c(C(N)=O)c2O1. The van der Waals surface area contributed by atoms with Crippen LogP contribution in [0.4, 0.5) is 4.39 Å². The minimum Gasteiger partial charge on any atom is -0.487 e. The molecule has 16 heavy (non-hydrogen) atoms. The van der Waals surface area contributed by atoms with Gasteiger partial charge in [-0.3, -0.25) is 4.79 Å². The zero-order valence-corrected chi connectivity index (χ0v) is 9.34. The summed E-state index contributed by atoms with van der Waals surface area (Å²) in [5.41, 5.74) is 5.49. The van der Waals surface area contributed by atoms with E-state index in [1.807, 2.05) is 13.8 Å². The van der Waals surface area contributed by atoms with Crippen LogP contribution in [0.3, 0.4) is 0 Å². The maximum atomic E-state index is 13.5. The van der Waals surface area contributed by atoms with E-state index in [2.05, 4.69) is 0 Å². The van der Waals surface area contributed by atoms with Gasteiger partial charge < -0.3 is 10.5 Å². The number of carbonyl (C=O) groups is 1. The molecule has 0 atom stereocenters. The Morgan fingerprint density at radius 1 is 1.50 bits per heavy atom. The first-order chi connectivity index (χ1) is 7.41. The second-order valence-corrected chi connectivity index (χ2v) is 4.64. The fourth-order valence-corrected chi connectivity index (χ4v) is 1.91. The summed E-state index contributed by atoms with van der Waals surface area (Å²) in [7, 11) is 0. The fourth-order valence-electron chi connectivity index (χ4n) is 1.91. The van der Waals surface area contributed by atoms with Crippen molar-refractivity contribution in [1.82, 2.24) is 0 Å². The zero-order valence-electron chi connectivity index (χ0n) is 9.34. The van der Waals surface area contributed by atoms with E-state index in [4.69, 9.17) is 10.5 Å². The molecule has 1 heterocycles. The molecule has 86 valence electrons. The van der Waals surface area contributed by atoms with Gasteiger partial charge >= 0.3 is 0 Å². The molecule has 0 saturated heterocycles. The molecule has 0 spiro atoms. The number of primary amides is 1. The summed E-state index contributed by atoms with van der Waals surface area (Å²) in [6, 6.07) is 2.91. The van der Waals surface area contributed by atoms with Crippen LogP contribution in [-0.2, 0) is 6.42 Å². The van der Waals surface area contributed by atoms with Crippen LogP contribution < -0.4 is 10.5 Å². The van der Waals surface area contributed by atoms with E-state index in [0.717, 1.165) is 18.4 Å². The Morgan fingerprint density at radius 3 is 2.81 bits per heavy atom. The second-order valence-electron chi connectivity index (χ2n) is 4.64. The molecule has 4 heteroatoms. The maximum absolute atomic E-state index is 13.5. The molecule has 0 bridgehead atoms. The van der Waals surface area contributed by atoms with Crippen LogP contribution in [0.25, 0.3) is 0 Å². The smallest absolute Gasteiger partial charge is 0.255 e. The van der Waals surface area contributed by atoms with Gasteiger partial charge in [0.15, 0.2) is 0 Å². The molecule has 3 nitrogen and oxygen atoms in total. The van der Waals surface area contributed by atoms with E-state index in [-0.39, 0.29) is 11.2 Å². The van der Waals surface area contributed by atoms with E-state index >= 15 is 0 Å². The van der Waals surface area contributed by atoms with Crippen molar-refractivity contribution >= 4 is 5.91 Å². The molecule has 1 aromatic rings.